The van der Waals surface area contributed by atoms with Crippen molar-refractivity contribution in [2.45, 2.75) is 19.5 Å². The van der Waals surface area contributed by atoms with Crippen molar-refractivity contribution in [3.63, 3.8) is 0 Å². The first-order valence-corrected chi connectivity index (χ1v) is 9.62. The molecule has 4 rings (SSSR count). The number of urea groups is 1. The van der Waals surface area contributed by atoms with Crippen LogP contribution < -0.4 is 15.5 Å². The molecule has 0 aliphatic carbocycles. The molecule has 4 heterocycles. The maximum absolute atomic E-state index is 13.1. The first-order valence-electron chi connectivity index (χ1n) is 9.62. The van der Waals surface area contributed by atoms with Gasteiger partial charge in [-0.1, -0.05) is 12.1 Å². The van der Waals surface area contributed by atoms with E-state index in [1.54, 1.807) is 24.4 Å². The van der Waals surface area contributed by atoms with Gasteiger partial charge in [-0.15, -0.1) is 0 Å². The molecule has 3 aromatic heterocycles. The number of nitrogens with zero attached hydrogens (tertiary/aromatic N) is 4. The summed E-state index contributed by atoms with van der Waals surface area (Å²) in [7, 11) is 0. The van der Waals surface area contributed by atoms with Gasteiger partial charge in [-0.3, -0.25) is 10.2 Å². The van der Waals surface area contributed by atoms with Gasteiger partial charge >= 0.3 is 12.2 Å². The smallest absolute Gasteiger partial charge is 0.382 e. The normalized spacial score (nSPS) is 13.7. The number of alkyl halides is 3. The van der Waals surface area contributed by atoms with E-state index in [2.05, 4.69) is 25.6 Å². The van der Waals surface area contributed by atoms with Crippen molar-refractivity contribution in [2.24, 2.45) is 0 Å². The van der Waals surface area contributed by atoms with E-state index in [9.17, 15) is 18.0 Å². The maximum Gasteiger partial charge on any atom is 0.433 e. The number of pyridine rings is 3. The summed E-state index contributed by atoms with van der Waals surface area (Å²) in [6.45, 7) is 2.90. The molecule has 3 aromatic rings. The van der Waals surface area contributed by atoms with Crippen LogP contribution >= 0.6 is 0 Å². The molecular weight excluding hydrogens is 409 g/mol. The van der Waals surface area contributed by atoms with E-state index in [4.69, 9.17) is 0 Å². The van der Waals surface area contributed by atoms with Crippen LogP contribution in [0.25, 0.3) is 11.4 Å². The zero-order valence-corrected chi connectivity index (χ0v) is 16.6. The molecule has 0 atom stereocenters. The van der Waals surface area contributed by atoms with Crippen molar-refractivity contribution in [3.8, 4) is 11.4 Å². The first kappa shape index (κ1) is 20.6. The summed E-state index contributed by atoms with van der Waals surface area (Å²) in [5, 5.41) is 5.93. The first-order chi connectivity index (χ1) is 14.8. The van der Waals surface area contributed by atoms with Gasteiger partial charge in [0.15, 0.2) is 5.82 Å². The van der Waals surface area contributed by atoms with Crippen molar-refractivity contribution in [1.29, 1.82) is 0 Å². The van der Waals surface area contributed by atoms with Crippen molar-refractivity contribution < 1.29 is 18.0 Å². The fraction of sp³-hybridized carbons (Fsp3) is 0.238. The summed E-state index contributed by atoms with van der Waals surface area (Å²) >= 11 is 0. The highest BCUT2D eigenvalue weighted by atomic mass is 19.4. The number of carbonyl (C=O) groups excluding carboxylic acids is 1. The van der Waals surface area contributed by atoms with E-state index in [1.165, 1.54) is 17.0 Å². The van der Waals surface area contributed by atoms with Crippen molar-refractivity contribution in [1.82, 2.24) is 15.0 Å². The molecule has 1 aliphatic heterocycles. The molecule has 1 aliphatic rings. The highest BCUT2D eigenvalue weighted by molar-refractivity contribution is 6.02. The number of nitrogens with one attached hydrogen (secondary N) is 2. The quantitative estimate of drug-likeness (QED) is 0.617. The van der Waals surface area contributed by atoms with Gasteiger partial charge in [0, 0.05) is 19.3 Å². The lowest BCUT2D eigenvalue weighted by Gasteiger charge is -2.22. The average Bonchev–Trinajstić information content (AvgIpc) is 2.97. The Labute approximate surface area is 176 Å². The molecule has 7 nitrogen and oxygen atoms in total. The molecule has 0 radical (unpaired) electrons. The lowest BCUT2D eigenvalue weighted by atomic mass is 10.2. The predicted molar refractivity (Wildman–Crippen MR) is 111 cm³/mol. The number of aromatic nitrogens is 3. The average molecular weight is 428 g/mol. The highest BCUT2D eigenvalue weighted by Crippen LogP contribution is 2.32. The van der Waals surface area contributed by atoms with Crippen LogP contribution in [0.2, 0.25) is 0 Å². The van der Waals surface area contributed by atoms with Gasteiger partial charge in [0.2, 0.25) is 0 Å². The molecule has 0 saturated heterocycles. The largest absolute Gasteiger partial charge is 0.433 e. The third-order valence-electron chi connectivity index (χ3n) is 4.70. The van der Waals surface area contributed by atoms with Gasteiger partial charge in [-0.25, -0.2) is 19.7 Å². The summed E-state index contributed by atoms with van der Waals surface area (Å²) in [4.78, 5) is 26.7. The topological polar surface area (TPSA) is 83.0 Å². The SMILES string of the molecule is Cc1ccc(NC(=O)N2CCCNc3ccc(-c4cccc(C(F)(F)F)n4)nc32)nc1. The summed E-state index contributed by atoms with van der Waals surface area (Å²) in [5.41, 5.74) is 0.879. The number of halogens is 3. The molecule has 10 heteroatoms. The Morgan fingerprint density at radius 2 is 1.90 bits per heavy atom. The number of anilines is 3. The molecule has 0 spiro atoms. The highest BCUT2D eigenvalue weighted by Gasteiger charge is 2.32. The van der Waals surface area contributed by atoms with Gasteiger partial charge in [-0.05, 0) is 49.2 Å². The number of hydrogen-bond donors (Lipinski definition) is 2. The second-order valence-electron chi connectivity index (χ2n) is 7.06. The Balaban J connectivity index is 1.68. The maximum atomic E-state index is 13.1. The van der Waals surface area contributed by atoms with Crippen LogP contribution in [-0.2, 0) is 6.18 Å². The van der Waals surface area contributed by atoms with E-state index in [0.29, 0.717) is 36.8 Å². The number of aryl methyl sites for hydroxylation is 1. The van der Waals surface area contributed by atoms with Gasteiger partial charge in [0.25, 0.3) is 0 Å². The molecule has 0 aromatic carbocycles. The van der Waals surface area contributed by atoms with Crippen LogP contribution in [-0.4, -0.2) is 34.1 Å². The molecule has 0 unspecified atom stereocenters. The van der Waals surface area contributed by atoms with Crippen LogP contribution in [0.1, 0.15) is 17.7 Å². The van der Waals surface area contributed by atoms with Gasteiger partial charge in [0.05, 0.1) is 17.1 Å². The zero-order valence-electron chi connectivity index (χ0n) is 16.6. The van der Waals surface area contributed by atoms with Gasteiger partial charge < -0.3 is 5.32 Å². The second kappa shape index (κ2) is 8.21. The Morgan fingerprint density at radius 3 is 2.65 bits per heavy atom. The summed E-state index contributed by atoms with van der Waals surface area (Å²) in [6, 6.07) is 10.0. The van der Waals surface area contributed by atoms with Gasteiger partial charge in [0.1, 0.15) is 11.5 Å². The molecule has 0 bridgehead atoms. The third-order valence-corrected chi connectivity index (χ3v) is 4.70. The molecule has 2 amide bonds. The van der Waals surface area contributed by atoms with Gasteiger partial charge in [-0.2, -0.15) is 13.2 Å². The molecule has 2 N–H and O–H groups in total. The second-order valence-corrected chi connectivity index (χ2v) is 7.06. The Morgan fingerprint density at radius 1 is 1.10 bits per heavy atom. The summed E-state index contributed by atoms with van der Waals surface area (Å²) in [6.07, 6.45) is -2.25. The Bertz CT molecular complexity index is 1100. The van der Waals surface area contributed by atoms with Crippen LogP contribution in [0.4, 0.5) is 35.3 Å². The minimum Gasteiger partial charge on any atom is -0.382 e. The fourth-order valence-electron chi connectivity index (χ4n) is 3.15. The van der Waals surface area contributed by atoms with E-state index in [0.717, 1.165) is 11.6 Å². The molecule has 0 saturated carbocycles. The molecule has 0 fully saturated rings. The summed E-state index contributed by atoms with van der Waals surface area (Å²) in [5.74, 6) is 0.712. The van der Waals surface area contributed by atoms with Crippen molar-refractivity contribution in [2.75, 3.05) is 28.6 Å². The number of amides is 2. The number of fused-ring (bicyclic) bond motifs is 1. The van der Waals surface area contributed by atoms with E-state index < -0.39 is 17.9 Å². The Kier molecular flexibility index (Phi) is 5.45. The summed E-state index contributed by atoms with van der Waals surface area (Å²) < 4.78 is 39.2. The van der Waals surface area contributed by atoms with E-state index in [-0.39, 0.29) is 11.4 Å². The van der Waals surface area contributed by atoms with E-state index in [1.807, 2.05) is 13.0 Å². The van der Waals surface area contributed by atoms with Crippen LogP contribution in [0.15, 0.2) is 48.7 Å². The van der Waals surface area contributed by atoms with E-state index >= 15 is 0 Å². The minimum absolute atomic E-state index is 0.0717. The van der Waals surface area contributed by atoms with Crippen molar-refractivity contribution in [3.05, 3.63) is 59.9 Å². The zero-order chi connectivity index (χ0) is 22.0. The lowest BCUT2D eigenvalue weighted by molar-refractivity contribution is -0.141. The van der Waals surface area contributed by atoms with Crippen molar-refractivity contribution >= 4 is 23.4 Å². The molecule has 31 heavy (non-hydrogen) atoms. The monoisotopic (exact) mass is 428 g/mol. The standard InChI is InChI=1S/C21H19F3N6O/c1-13-6-9-18(26-12-13)29-20(31)30-11-3-10-25-16-8-7-15(28-19(16)30)14-4-2-5-17(27-14)21(22,23)24/h2,4-9,12,25H,3,10-11H2,1H3,(H,26,29,31). The molecule has 160 valence electrons. The number of carbonyl (C=O) groups is 1. The van der Waals surface area contributed by atoms with Crippen LogP contribution in [0.5, 0.6) is 0 Å². The number of hydrogen-bond acceptors (Lipinski definition) is 5. The minimum atomic E-state index is -4.56. The predicted octanol–water partition coefficient (Wildman–Crippen LogP) is 4.72. The molecular formula is C21H19F3N6O. The van der Waals surface area contributed by atoms with Crippen LogP contribution in [0, 0.1) is 6.92 Å². The lowest BCUT2D eigenvalue weighted by Crippen LogP contribution is -2.36. The third kappa shape index (κ3) is 4.57. The number of rotatable bonds is 2. The fourth-order valence-corrected chi connectivity index (χ4v) is 3.15. The van der Waals surface area contributed by atoms with Crippen LogP contribution in [0.3, 0.4) is 0 Å². The Hall–Kier alpha value is -3.69.